The molecule has 98 valence electrons. The monoisotopic (exact) mass is 270 g/mol. The number of halogens is 1. The fraction of sp³-hybridized carbons (Fsp3) is 0.385. The number of benzene rings is 1. The van der Waals surface area contributed by atoms with E-state index in [2.05, 4.69) is 0 Å². The second kappa shape index (κ2) is 4.82. The SMILES string of the molecule is CC1=C(CCOS(C)(=O)=O)c2cc(F)ccc2C1. The first-order valence-electron chi connectivity index (χ1n) is 5.68. The van der Waals surface area contributed by atoms with Gasteiger partial charge in [-0.15, -0.1) is 0 Å². The molecule has 1 aliphatic rings. The maximum atomic E-state index is 13.2. The highest BCUT2D eigenvalue weighted by Crippen LogP contribution is 2.35. The van der Waals surface area contributed by atoms with Gasteiger partial charge in [0.1, 0.15) is 5.82 Å². The Hall–Kier alpha value is -1.20. The molecule has 2 rings (SSSR count). The zero-order valence-electron chi connectivity index (χ0n) is 10.4. The zero-order valence-corrected chi connectivity index (χ0v) is 11.2. The van der Waals surface area contributed by atoms with Crippen LogP contribution in [0.15, 0.2) is 23.8 Å². The van der Waals surface area contributed by atoms with E-state index in [-0.39, 0.29) is 12.4 Å². The molecule has 0 bridgehead atoms. The van der Waals surface area contributed by atoms with Crippen molar-refractivity contribution >= 4 is 15.7 Å². The Morgan fingerprint density at radius 3 is 2.78 bits per heavy atom. The largest absolute Gasteiger partial charge is 0.270 e. The van der Waals surface area contributed by atoms with E-state index < -0.39 is 10.1 Å². The van der Waals surface area contributed by atoms with Crippen LogP contribution in [0.1, 0.15) is 24.5 Å². The lowest BCUT2D eigenvalue weighted by Crippen LogP contribution is -2.04. The van der Waals surface area contributed by atoms with Crippen LogP contribution in [0.3, 0.4) is 0 Å². The lowest BCUT2D eigenvalue weighted by molar-refractivity contribution is 0.330. The molecule has 0 atom stereocenters. The molecule has 1 aliphatic carbocycles. The first-order chi connectivity index (χ1) is 8.37. The minimum atomic E-state index is -3.42. The Morgan fingerprint density at radius 2 is 2.11 bits per heavy atom. The van der Waals surface area contributed by atoms with E-state index in [0.717, 1.165) is 34.9 Å². The summed E-state index contributed by atoms with van der Waals surface area (Å²) in [5, 5.41) is 0. The Bertz CT molecular complexity index is 603. The predicted octanol–water partition coefficient (Wildman–Crippen LogP) is 2.52. The van der Waals surface area contributed by atoms with Crippen LogP contribution in [-0.2, 0) is 20.7 Å². The molecule has 0 saturated heterocycles. The van der Waals surface area contributed by atoms with E-state index in [0.29, 0.717) is 6.42 Å². The topological polar surface area (TPSA) is 43.4 Å². The van der Waals surface area contributed by atoms with Crippen LogP contribution in [0.25, 0.3) is 5.57 Å². The van der Waals surface area contributed by atoms with Gasteiger partial charge in [0, 0.05) is 0 Å². The highest BCUT2D eigenvalue weighted by atomic mass is 32.2. The third-order valence-corrected chi connectivity index (χ3v) is 3.61. The average molecular weight is 270 g/mol. The average Bonchev–Trinajstić information content (AvgIpc) is 2.54. The van der Waals surface area contributed by atoms with Gasteiger partial charge in [-0.1, -0.05) is 11.6 Å². The first-order valence-corrected chi connectivity index (χ1v) is 7.50. The molecule has 1 aromatic rings. The van der Waals surface area contributed by atoms with Crippen molar-refractivity contribution in [3.05, 3.63) is 40.7 Å². The smallest absolute Gasteiger partial charge is 0.264 e. The van der Waals surface area contributed by atoms with Gasteiger partial charge in [0.15, 0.2) is 0 Å². The molecule has 0 unspecified atom stereocenters. The summed E-state index contributed by atoms with van der Waals surface area (Å²) in [5.74, 6) is -0.273. The van der Waals surface area contributed by atoms with E-state index in [1.165, 1.54) is 12.1 Å². The van der Waals surface area contributed by atoms with Gasteiger partial charge in [-0.25, -0.2) is 4.39 Å². The summed E-state index contributed by atoms with van der Waals surface area (Å²) in [5.41, 5.74) is 4.11. The molecule has 0 N–H and O–H groups in total. The van der Waals surface area contributed by atoms with E-state index in [4.69, 9.17) is 4.18 Å². The van der Waals surface area contributed by atoms with Crippen molar-refractivity contribution in [3.63, 3.8) is 0 Å². The third kappa shape index (κ3) is 2.97. The minimum Gasteiger partial charge on any atom is -0.270 e. The standard InChI is InChI=1S/C13H15FO3S/c1-9-7-10-3-4-11(14)8-13(10)12(9)5-6-17-18(2,15)16/h3-4,8H,5-7H2,1-2H3. The second-order valence-corrected chi connectivity index (χ2v) is 6.16. The molecule has 0 fully saturated rings. The molecule has 0 saturated carbocycles. The van der Waals surface area contributed by atoms with Gasteiger partial charge in [-0.05, 0) is 48.6 Å². The molecule has 3 nitrogen and oxygen atoms in total. The number of fused-ring (bicyclic) bond motifs is 1. The minimum absolute atomic E-state index is 0.0987. The summed E-state index contributed by atoms with van der Waals surface area (Å²) in [6, 6.07) is 4.72. The van der Waals surface area contributed by atoms with Crippen LogP contribution in [0.4, 0.5) is 4.39 Å². The number of hydrogen-bond acceptors (Lipinski definition) is 3. The quantitative estimate of drug-likeness (QED) is 0.790. The Balaban J connectivity index is 2.15. The number of rotatable bonds is 4. The first kappa shape index (κ1) is 13.2. The molecule has 18 heavy (non-hydrogen) atoms. The summed E-state index contributed by atoms with van der Waals surface area (Å²) >= 11 is 0. The van der Waals surface area contributed by atoms with Gasteiger partial charge in [0.25, 0.3) is 10.1 Å². The molecule has 0 amide bonds. The van der Waals surface area contributed by atoms with Gasteiger partial charge in [-0.2, -0.15) is 8.42 Å². The fourth-order valence-corrected chi connectivity index (χ4v) is 2.64. The van der Waals surface area contributed by atoms with Crippen molar-refractivity contribution in [2.45, 2.75) is 19.8 Å². The van der Waals surface area contributed by atoms with Gasteiger partial charge in [0.2, 0.25) is 0 Å². The molecular weight excluding hydrogens is 255 g/mol. The van der Waals surface area contributed by atoms with Crippen LogP contribution >= 0.6 is 0 Å². The molecule has 0 spiro atoms. The van der Waals surface area contributed by atoms with Crippen molar-refractivity contribution in [2.24, 2.45) is 0 Å². The van der Waals surface area contributed by atoms with Gasteiger partial charge >= 0.3 is 0 Å². The number of allylic oxidation sites excluding steroid dienone is 1. The van der Waals surface area contributed by atoms with Crippen LogP contribution < -0.4 is 0 Å². The van der Waals surface area contributed by atoms with Gasteiger partial charge < -0.3 is 0 Å². The summed E-state index contributed by atoms with van der Waals surface area (Å²) in [6.07, 6.45) is 2.30. The van der Waals surface area contributed by atoms with Crippen LogP contribution in [-0.4, -0.2) is 21.3 Å². The van der Waals surface area contributed by atoms with Crippen LogP contribution in [0.2, 0.25) is 0 Å². The molecule has 5 heteroatoms. The highest BCUT2D eigenvalue weighted by Gasteiger charge is 2.19. The van der Waals surface area contributed by atoms with Gasteiger partial charge in [0.05, 0.1) is 12.9 Å². The van der Waals surface area contributed by atoms with Crippen molar-refractivity contribution in [3.8, 4) is 0 Å². The molecule has 0 radical (unpaired) electrons. The fourth-order valence-electron chi connectivity index (χ4n) is 2.25. The van der Waals surface area contributed by atoms with Crippen molar-refractivity contribution in [2.75, 3.05) is 12.9 Å². The number of hydrogen-bond donors (Lipinski definition) is 0. The summed E-state index contributed by atoms with van der Waals surface area (Å²) in [4.78, 5) is 0. The van der Waals surface area contributed by atoms with Crippen LogP contribution in [0, 0.1) is 5.82 Å². The van der Waals surface area contributed by atoms with E-state index in [1.807, 2.05) is 6.92 Å². The Labute approximate surface area is 106 Å². The summed E-state index contributed by atoms with van der Waals surface area (Å²) < 4.78 is 39.7. The molecule has 0 aliphatic heterocycles. The lowest BCUT2D eigenvalue weighted by Gasteiger charge is -2.07. The van der Waals surface area contributed by atoms with Crippen molar-refractivity contribution in [1.82, 2.24) is 0 Å². The summed E-state index contributed by atoms with van der Waals surface area (Å²) in [7, 11) is -3.42. The molecule has 0 heterocycles. The summed E-state index contributed by atoms with van der Waals surface area (Å²) in [6.45, 7) is 2.08. The lowest BCUT2D eigenvalue weighted by atomic mass is 10.0. The van der Waals surface area contributed by atoms with Crippen molar-refractivity contribution in [1.29, 1.82) is 0 Å². The Kier molecular flexibility index (Phi) is 3.54. The Morgan fingerprint density at radius 1 is 1.39 bits per heavy atom. The molecular formula is C13H15FO3S. The third-order valence-electron chi connectivity index (χ3n) is 3.02. The normalized spacial score (nSPS) is 15.1. The van der Waals surface area contributed by atoms with E-state index in [9.17, 15) is 12.8 Å². The van der Waals surface area contributed by atoms with Crippen LogP contribution in [0.5, 0.6) is 0 Å². The van der Waals surface area contributed by atoms with E-state index >= 15 is 0 Å². The molecule has 1 aromatic carbocycles. The maximum Gasteiger partial charge on any atom is 0.264 e. The van der Waals surface area contributed by atoms with Crippen molar-refractivity contribution < 1.29 is 17.0 Å². The maximum absolute atomic E-state index is 13.2. The predicted molar refractivity (Wildman–Crippen MR) is 68.1 cm³/mol. The highest BCUT2D eigenvalue weighted by molar-refractivity contribution is 7.85. The van der Waals surface area contributed by atoms with Gasteiger partial charge in [-0.3, -0.25) is 4.18 Å². The van der Waals surface area contributed by atoms with E-state index in [1.54, 1.807) is 6.07 Å². The zero-order chi connectivity index (χ0) is 13.3. The second-order valence-electron chi connectivity index (χ2n) is 4.51. The molecule has 0 aromatic heterocycles.